The molecule has 1 unspecified atom stereocenters. The molecule has 2 aromatic carbocycles. The zero-order valence-electron chi connectivity index (χ0n) is 18.5. The predicted octanol–water partition coefficient (Wildman–Crippen LogP) is 2.97. The van der Waals surface area contributed by atoms with E-state index in [2.05, 4.69) is 15.4 Å². The minimum absolute atomic E-state index is 0.0669. The standard InChI is InChI=1S/C22H22ClN3O8/c1-12(2)19(25-20(28)14-6-9-16(23)17(10-14)26(31)32)22(30)34-11-18(27)24-15-7-4-13(5-8-15)21(29)33-3/h4-10,12,19H,11H2,1-3H3,(H,24,27)(H,25,28). The highest BCUT2D eigenvalue weighted by molar-refractivity contribution is 6.32. The van der Waals surface area contributed by atoms with Crippen LogP contribution in [-0.4, -0.2) is 48.4 Å². The molecule has 2 aromatic rings. The number of halogens is 1. The molecule has 12 heteroatoms. The Kier molecular flexibility index (Phi) is 9.08. The third-order valence-corrected chi connectivity index (χ3v) is 4.87. The van der Waals surface area contributed by atoms with Crippen LogP contribution >= 0.6 is 11.6 Å². The number of carbonyl (C=O) groups excluding carboxylic acids is 4. The summed E-state index contributed by atoms with van der Waals surface area (Å²) < 4.78 is 9.62. The Balaban J connectivity index is 1.97. The summed E-state index contributed by atoms with van der Waals surface area (Å²) in [5.41, 5.74) is 0.150. The molecule has 34 heavy (non-hydrogen) atoms. The molecule has 2 amide bonds. The largest absolute Gasteiger partial charge is 0.465 e. The Morgan fingerprint density at radius 1 is 1.06 bits per heavy atom. The minimum Gasteiger partial charge on any atom is -0.465 e. The number of benzene rings is 2. The van der Waals surface area contributed by atoms with Crippen LogP contribution in [0.25, 0.3) is 0 Å². The van der Waals surface area contributed by atoms with Crippen LogP contribution in [-0.2, 0) is 19.1 Å². The lowest BCUT2D eigenvalue weighted by atomic mass is 10.0. The van der Waals surface area contributed by atoms with Gasteiger partial charge in [-0.1, -0.05) is 25.4 Å². The van der Waals surface area contributed by atoms with E-state index in [9.17, 15) is 29.3 Å². The number of nitrogens with one attached hydrogen (secondary N) is 2. The van der Waals surface area contributed by atoms with Gasteiger partial charge in [-0.05, 0) is 42.3 Å². The van der Waals surface area contributed by atoms with Crippen molar-refractivity contribution in [3.8, 4) is 0 Å². The van der Waals surface area contributed by atoms with E-state index in [-0.39, 0.29) is 10.6 Å². The highest BCUT2D eigenvalue weighted by atomic mass is 35.5. The van der Waals surface area contributed by atoms with Crippen molar-refractivity contribution in [2.24, 2.45) is 5.92 Å². The molecule has 0 saturated carbocycles. The molecule has 0 radical (unpaired) electrons. The van der Waals surface area contributed by atoms with Crippen LogP contribution in [0.5, 0.6) is 0 Å². The van der Waals surface area contributed by atoms with Crippen molar-refractivity contribution in [2.75, 3.05) is 19.0 Å². The zero-order valence-corrected chi connectivity index (χ0v) is 19.3. The van der Waals surface area contributed by atoms with Gasteiger partial charge in [-0.25, -0.2) is 9.59 Å². The number of nitro groups is 1. The van der Waals surface area contributed by atoms with Gasteiger partial charge in [-0.2, -0.15) is 0 Å². The summed E-state index contributed by atoms with van der Waals surface area (Å²) in [6.07, 6.45) is 0. The molecule has 0 aromatic heterocycles. The van der Waals surface area contributed by atoms with Crippen LogP contribution in [0, 0.1) is 16.0 Å². The first kappa shape index (κ1) is 26.3. The summed E-state index contributed by atoms with van der Waals surface area (Å²) in [4.78, 5) is 58.9. The van der Waals surface area contributed by atoms with Crippen LogP contribution in [0.2, 0.25) is 5.02 Å². The van der Waals surface area contributed by atoms with Crippen molar-refractivity contribution >= 4 is 46.7 Å². The summed E-state index contributed by atoms with van der Waals surface area (Å²) in [6, 6.07) is 8.25. The number of anilines is 1. The van der Waals surface area contributed by atoms with E-state index in [1.807, 2.05) is 0 Å². The number of carbonyl (C=O) groups is 4. The Bertz CT molecular complexity index is 1100. The van der Waals surface area contributed by atoms with Crippen LogP contribution < -0.4 is 10.6 Å². The van der Waals surface area contributed by atoms with Crippen molar-refractivity contribution in [3.05, 3.63) is 68.7 Å². The summed E-state index contributed by atoms with van der Waals surface area (Å²) in [5, 5.41) is 15.9. The SMILES string of the molecule is COC(=O)c1ccc(NC(=O)COC(=O)C(NC(=O)c2ccc(Cl)c([N+](=O)[O-])c2)C(C)C)cc1. The molecule has 0 heterocycles. The highest BCUT2D eigenvalue weighted by Crippen LogP contribution is 2.25. The highest BCUT2D eigenvalue weighted by Gasteiger charge is 2.27. The number of esters is 2. The molecule has 0 bridgehead atoms. The van der Waals surface area contributed by atoms with E-state index in [0.717, 1.165) is 6.07 Å². The minimum atomic E-state index is -1.12. The van der Waals surface area contributed by atoms with Gasteiger partial charge in [-0.3, -0.25) is 19.7 Å². The van der Waals surface area contributed by atoms with Crippen LogP contribution in [0.3, 0.4) is 0 Å². The fraction of sp³-hybridized carbons (Fsp3) is 0.273. The fourth-order valence-corrected chi connectivity index (χ4v) is 2.93. The van der Waals surface area contributed by atoms with Gasteiger partial charge in [-0.15, -0.1) is 0 Å². The maximum Gasteiger partial charge on any atom is 0.337 e. The van der Waals surface area contributed by atoms with E-state index in [0.29, 0.717) is 11.3 Å². The molecule has 180 valence electrons. The number of nitro benzene ring substituents is 1. The second-order valence-electron chi connectivity index (χ2n) is 7.34. The van der Waals surface area contributed by atoms with E-state index in [4.69, 9.17) is 16.3 Å². The van der Waals surface area contributed by atoms with Gasteiger partial charge >= 0.3 is 11.9 Å². The summed E-state index contributed by atoms with van der Waals surface area (Å²) in [6.45, 7) is 2.68. The maximum absolute atomic E-state index is 12.5. The number of hydrogen-bond acceptors (Lipinski definition) is 8. The molecule has 2 rings (SSSR count). The molecule has 0 spiro atoms. The first-order valence-electron chi connectivity index (χ1n) is 9.93. The predicted molar refractivity (Wildman–Crippen MR) is 122 cm³/mol. The average molecular weight is 492 g/mol. The van der Waals surface area contributed by atoms with Gasteiger partial charge in [0.15, 0.2) is 6.61 Å². The molecule has 0 aliphatic rings. The Hall–Kier alpha value is -3.99. The van der Waals surface area contributed by atoms with Crippen molar-refractivity contribution in [2.45, 2.75) is 19.9 Å². The van der Waals surface area contributed by atoms with Gasteiger partial charge < -0.3 is 20.1 Å². The first-order chi connectivity index (χ1) is 16.0. The lowest BCUT2D eigenvalue weighted by molar-refractivity contribution is -0.384. The smallest absolute Gasteiger partial charge is 0.337 e. The molecular weight excluding hydrogens is 470 g/mol. The van der Waals surface area contributed by atoms with E-state index in [1.54, 1.807) is 13.8 Å². The molecule has 11 nitrogen and oxygen atoms in total. The van der Waals surface area contributed by atoms with Gasteiger partial charge in [0.05, 0.1) is 17.6 Å². The molecule has 0 aliphatic heterocycles. The summed E-state index contributed by atoms with van der Waals surface area (Å²) >= 11 is 5.75. The molecule has 1 atom stereocenters. The molecule has 0 saturated heterocycles. The molecule has 2 N–H and O–H groups in total. The number of rotatable bonds is 9. The number of hydrogen-bond donors (Lipinski definition) is 2. The number of ether oxygens (including phenoxy) is 2. The monoisotopic (exact) mass is 491 g/mol. The Labute approximate surface area is 199 Å². The summed E-state index contributed by atoms with van der Waals surface area (Å²) in [5.74, 6) is -3.18. The second-order valence-corrected chi connectivity index (χ2v) is 7.75. The van der Waals surface area contributed by atoms with Gasteiger partial charge in [0.25, 0.3) is 17.5 Å². The first-order valence-corrected chi connectivity index (χ1v) is 10.3. The van der Waals surface area contributed by atoms with Crippen LogP contribution in [0.15, 0.2) is 42.5 Å². The van der Waals surface area contributed by atoms with Gasteiger partial charge in [0.1, 0.15) is 11.1 Å². The number of amides is 2. The van der Waals surface area contributed by atoms with Crippen LogP contribution in [0.4, 0.5) is 11.4 Å². The molecular formula is C22H22ClN3O8. The van der Waals surface area contributed by atoms with E-state index in [1.165, 1.54) is 43.5 Å². The average Bonchev–Trinajstić information content (AvgIpc) is 2.80. The fourth-order valence-electron chi connectivity index (χ4n) is 2.75. The topological polar surface area (TPSA) is 154 Å². The van der Waals surface area contributed by atoms with Crippen molar-refractivity contribution in [1.29, 1.82) is 0 Å². The Morgan fingerprint density at radius 3 is 2.24 bits per heavy atom. The number of nitrogens with zero attached hydrogens (tertiary/aromatic N) is 1. The molecule has 0 fully saturated rings. The third kappa shape index (κ3) is 7.01. The van der Waals surface area contributed by atoms with Crippen molar-refractivity contribution in [1.82, 2.24) is 5.32 Å². The molecule has 0 aliphatic carbocycles. The lowest BCUT2D eigenvalue weighted by Crippen LogP contribution is -2.46. The van der Waals surface area contributed by atoms with Crippen molar-refractivity contribution < 1.29 is 33.6 Å². The van der Waals surface area contributed by atoms with Gasteiger partial charge in [0.2, 0.25) is 0 Å². The van der Waals surface area contributed by atoms with Crippen molar-refractivity contribution in [3.63, 3.8) is 0 Å². The Morgan fingerprint density at radius 2 is 1.68 bits per heavy atom. The van der Waals surface area contributed by atoms with E-state index >= 15 is 0 Å². The van der Waals surface area contributed by atoms with Gasteiger partial charge in [0, 0.05) is 17.3 Å². The lowest BCUT2D eigenvalue weighted by Gasteiger charge is -2.20. The van der Waals surface area contributed by atoms with E-state index < -0.39 is 52.9 Å². The summed E-state index contributed by atoms with van der Waals surface area (Å²) in [7, 11) is 1.25. The maximum atomic E-state index is 12.5. The third-order valence-electron chi connectivity index (χ3n) is 4.55. The normalized spacial score (nSPS) is 11.3. The second kappa shape index (κ2) is 11.8. The quantitative estimate of drug-likeness (QED) is 0.308. The van der Waals surface area contributed by atoms with Crippen LogP contribution in [0.1, 0.15) is 34.6 Å². The zero-order chi connectivity index (χ0) is 25.4. The number of methoxy groups -OCH3 is 1.